The van der Waals surface area contributed by atoms with E-state index in [1.807, 2.05) is 44.7 Å². The Hall–Kier alpha value is -3.63. The van der Waals surface area contributed by atoms with E-state index >= 15 is 0 Å². The van der Waals surface area contributed by atoms with Gasteiger partial charge in [0.05, 0.1) is 49.3 Å². The summed E-state index contributed by atoms with van der Waals surface area (Å²) in [6, 6.07) is 0.0491. The summed E-state index contributed by atoms with van der Waals surface area (Å²) in [5.74, 6) is -3.02. The maximum atomic E-state index is 12.8. The second-order valence-electron chi connectivity index (χ2n) is 18.5. The fourth-order valence-electron chi connectivity index (χ4n) is 10.0. The van der Waals surface area contributed by atoms with Crippen molar-refractivity contribution in [2.24, 2.45) is 40.7 Å². The highest BCUT2D eigenvalue weighted by Gasteiger charge is 2.56. The molecule has 14 nitrogen and oxygen atoms in total. The van der Waals surface area contributed by atoms with Crippen LogP contribution >= 0.6 is 0 Å². The number of guanidine groups is 1. The molecule has 4 rings (SSSR count). The molecule has 0 aromatic heterocycles. The smallest absolute Gasteiger partial charge is 0.258 e. The quantitative estimate of drug-likeness (QED) is 0.0223. The van der Waals surface area contributed by atoms with Crippen molar-refractivity contribution in [2.75, 3.05) is 13.1 Å². The first kappa shape index (κ1) is 50.0. The number of nitrogens with zero attached hydrogens (tertiary/aromatic N) is 1. The number of hydrogen-bond acceptors (Lipinski definition) is 11. The van der Waals surface area contributed by atoms with Gasteiger partial charge in [-0.25, -0.2) is 0 Å². The van der Waals surface area contributed by atoms with Crippen LogP contribution in [-0.2, 0) is 9.59 Å². The molecule has 0 spiro atoms. The molecule has 14 atom stereocenters. The van der Waals surface area contributed by atoms with Gasteiger partial charge in [-0.1, -0.05) is 68.9 Å². The molecule has 2 aliphatic heterocycles. The third-order valence-corrected chi connectivity index (χ3v) is 14.1. The van der Waals surface area contributed by atoms with Crippen molar-refractivity contribution in [2.45, 2.75) is 155 Å². The van der Waals surface area contributed by atoms with Crippen LogP contribution in [0.5, 0.6) is 0 Å². The third-order valence-electron chi connectivity index (χ3n) is 14.1. The van der Waals surface area contributed by atoms with Crippen LogP contribution < -0.4 is 11.1 Å². The molecule has 0 bridgehead atoms. The molecule has 12 N–H and O–H groups in total. The number of fused-ring (bicyclic) bond motifs is 1. The van der Waals surface area contributed by atoms with Crippen LogP contribution in [0.15, 0.2) is 70.6 Å². The van der Waals surface area contributed by atoms with Crippen molar-refractivity contribution in [1.82, 2.24) is 10.2 Å². The van der Waals surface area contributed by atoms with Gasteiger partial charge < -0.3 is 56.8 Å². The highest BCUT2D eigenvalue weighted by atomic mass is 16.3. The van der Waals surface area contributed by atoms with Gasteiger partial charge in [0.2, 0.25) is 0 Å². The molecule has 0 aromatic carbocycles. The molecule has 2 saturated heterocycles. The van der Waals surface area contributed by atoms with Gasteiger partial charge in [0.25, 0.3) is 5.91 Å². The number of likely N-dealkylation sites (tertiary alicyclic amines) is 1. The Morgan fingerprint density at radius 2 is 1.69 bits per heavy atom. The lowest BCUT2D eigenvalue weighted by atomic mass is 9.51. The van der Waals surface area contributed by atoms with Gasteiger partial charge in [-0.15, -0.1) is 0 Å². The molecule has 0 radical (unpaired) electrons. The van der Waals surface area contributed by atoms with Crippen molar-refractivity contribution in [3.05, 3.63) is 70.6 Å². The van der Waals surface area contributed by atoms with E-state index in [1.54, 1.807) is 44.2 Å². The number of rotatable bonds is 19. The number of allylic oxidation sites excluding steroid dienone is 2. The van der Waals surface area contributed by atoms with Crippen molar-refractivity contribution >= 4 is 17.6 Å². The molecule has 1 amide bonds. The zero-order chi connectivity index (χ0) is 45.3. The van der Waals surface area contributed by atoms with Gasteiger partial charge in [-0.3, -0.25) is 15.0 Å². The van der Waals surface area contributed by atoms with Crippen LogP contribution in [-0.4, -0.2) is 125 Å². The number of carbonyl (C=O) groups is 2. The summed E-state index contributed by atoms with van der Waals surface area (Å²) in [6.45, 7) is 11.6. The highest BCUT2D eigenvalue weighted by molar-refractivity contribution is 6.25. The molecule has 0 unspecified atom stereocenters. The molecule has 61 heavy (non-hydrogen) atoms. The number of nitrogens with one attached hydrogen (secondary N) is 2. The van der Waals surface area contributed by atoms with Crippen LogP contribution in [0.2, 0.25) is 0 Å². The monoisotopic (exact) mass is 855 g/mol. The molecule has 342 valence electrons. The van der Waals surface area contributed by atoms with Crippen LogP contribution in [0.25, 0.3) is 0 Å². The number of Topliss-reactive ketones (excluding diaryl/α,β-unsaturated/α-hetero) is 1. The minimum atomic E-state index is -1.08. The van der Waals surface area contributed by atoms with E-state index in [2.05, 4.69) is 5.32 Å². The molecule has 4 aliphatic rings. The summed E-state index contributed by atoms with van der Waals surface area (Å²) in [5.41, 5.74) is 6.61. The number of carbonyl (C=O) groups excluding carboxylic acids is 2. The fourth-order valence-corrected chi connectivity index (χ4v) is 10.0. The van der Waals surface area contributed by atoms with E-state index in [0.717, 1.165) is 30.5 Å². The first-order valence-corrected chi connectivity index (χ1v) is 22.2. The Morgan fingerprint density at radius 1 is 1.00 bits per heavy atom. The van der Waals surface area contributed by atoms with E-state index in [9.17, 15) is 50.4 Å². The van der Waals surface area contributed by atoms with Gasteiger partial charge >= 0.3 is 0 Å². The SMILES string of the molecule is CC1=C[C@@H]2[C@H](O)[C@H](O)CC[C@@H]2[C@](C)(C(O)=C2C(=O)CNC2=O)[C@@H]1CC[C@H](C)[C@H](O)/C(C)=C/C[C@H](O)/C=C/[C@H](C)[C@H](O)/C=C/C[C@H](O)/C(C)=C/C[C@@H](O)C[C@H]1CCCN1C(=N)N. The molecule has 0 aromatic rings. The normalized spacial score (nSPS) is 32.0. The average molecular weight is 855 g/mol. The van der Waals surface area contributed by atoms with E-state index in [-0.39, 0.29) is 66.4 Å². The predicted octanol–water partition coefficient (Wildman–Crippen LogP) is 3.61. The van der Waals surface area contributed by atoms with Crippen LogP contribution in [0.4, 0.5) is 0 Å². The average Bonchev–Trinajstić information content (AvgIpc) is 3.83. The van der Waals surface area contributed by atoms with Crippen molar-refractivity contribution in [1.29, 1.82) is 5.41 Å². The summed E-state index contributed by atoms with van der Waals surface area (Å²) >= 11 is 0. The van der Waals surface area contributed by atoms with E-state index in [1.165, 1.54) is 0 Å². The first-order valence-electron chi connectivity index (χ1n) is 22.2. The molecular formula is C47H74N4O10. The number of ketones is 1. The zero-order valence-corrected chi connectivity index (χ0v) is 37.0. The summed E-state index contributed by atoms with van der Waals surface area (Å²) in [5, 5.41) is 97.4. The van der Waals surface area contributed by atoms with E-state index in [0.29, 0.717) is 44.1 Å². The van der Waals surface area contributed by atoms with Crippen molar-refractivity contribution < 1.29 is 50.4 Å². The number of nitrogens with two attached hydrogens (primary N) is 1. The Bertz CT molecular complexity index is 1720. The fraction of sp³-hybridized carbons (Fsp3) is 0.681. The Morgan fingerprint density at radius 3 is 2.34 bits per heavy atom. The standard InChI is InChI=1S/C47H74N4O10/c1-26(37(54)10-7-11-38(55)27(2)13-18-33(53)24-31-9-8-22-51(31)46(48)49)12-16-32(52)17-14-28(3)42(58)29(4)15-19-35-30(5)23-34-36(20-21-39(56)43(34)59)47(35,6)44(60)41-40(57)25-50-45(41)61/h7,10,12-14,16,23,26,29,31-39,42-43,52-56,58-60H,8-9,11,15,17-22,24-25H2,1-6H3,(H3,48,49)(H,50,61)/b10-7+,16-12+,27-13+,28-14+,44-41?/t26-,29-,31+,32+,33+,34-,35+,36-,37+,38-,39+,42+,43-,47+/m0/s1. The molecule has 2 aliphatic carbocycles. The second-order valence-corrected chi connectivity index (χ2v) is 18.5. The molecule has 2 heterocycles. The van der Waals surface area contributed by atoms with Gasteiger partial charge in [0, 0.05) is 29.8 Å². The van der Waals surface area contributed by atoms with Crippen LogP contribution in [0, 0.1) is 40.4 Å². The predicted molar refractivity (Wildman–Crippen MR) is 235 cm³/mol. The number of amides is 1. The zero-order valence-electron chi connectivity index (χ0n) is 37.0. The first-order chi connectivity index (χ1) is 28.7. The molecular weight excluding hydrogens is 781 g/mol. The number of aliphatic hydroxyl groups excluding tert-OH is 8. The Kier molecular flexibility index (Phi) is 18.1. The lowest BCUT2D eigenvalue weighted by Crippen LogP contribution is -2.53. The van der Waals surface area contributed by atoms with Crippen molar-refractivity contribution in [3.8, 4) is 0 Å². The lowest BCUT2D eigenvalue weighted by Gasteiger charge is -2.54. The van der Waals surface area contributed by atoms with E-state index in [4.69, 9.17) is 11.1 Å². The summed E-state index contributed by atoms with van der Waals surface area (Å²) in [7, 11) is 0. The van der Waals surface area contributed by atoms with Gasteiger partial charge in [0.1, 0.15) is 11.3 Å². The second kappa shape index (κ2) is 22.1. The van der Waals surface area contributed by atoms with Crippen molar-refractivity contribution in [3.63, 3.8) is 0 Å². The summed E-state index contributed by atoms with van der Waals surface area (Å²) in [6.07, 6.45) is 11.4. The maximum Gasteiger partial charge on any atom is 0.258 e. The molecule has 3 fully saturated rings. The van der Waals surface area contributed by atoms with E-state index < -0.39 is 65.8 Å². The number of hydrogen-bond donors (Lipinski definition) is 11. The topological polar surface area (TPSA) is 261 Å². The summed E-state index contributed by atoms with van der Waals surface area (Å²) in [4.78, 5) is 27.3. The third kappa shape index (κ3) is 12.3. The Balaban J connectivity index is 1.28. The molecule has 1 saturated carbocycles. The lowest BCUT2D eigenvalue weighted by molar-refractivity contribution is -0.118. The van der Waals surface area contributed by atoms with Crippen LogP contribution in [0.1, 0.15) is 106 Å². The van der Waals surface area contributed by atoms with Gasteiger partial charge in [0.15, 0.2) is 11.7 Å². The largest absolute Gasteiger partial charge is 0.511 e. The number of aliphatic hydroxyl groups is 8. The maximum absolute atomic E-state index is 12.8. The van der Waals surface area contributed by atoms with Gasteiger partial charge in [-0.05, 0) is 114 Å². The Labute approximate surface area is 361 Å². The van der Waals surface area contributed by atoms with Gasteiger partial charge in [-0.2, -0.15) is 0 Å². The highest BCUT2D eigenvalue weighted by Crippen LogP contribution is 2.58. The summed E-state index contributed by atoms with van der Waals surface area (Å²) < 4.78 is 0. The minimum absolute atomic E-state index is 0.0283. The van der Waals surface area contributed by atoms with Crippen LogP contribution in [0.3, 0.4) is 0 Å². The molecule has 14 heteroatoms. The minimum Gasteiger partial charge on any atom is -0.511 e.